The van der Waals surface area contributed by atoms with Crippen molar-refractivity contribution in [3.05, 3.63) is 47.3 Å². The molecule has 7 heteroatoms. The minimum Gasteiger partial charge on any atom is -0.507 e. The molecular weight excluding hydrogens is 355 g/mol. The zero-order valence-electron chi connectivity index (χ0n) is 15.8. The first kappa shape index (κ1) is 21.2. The average molecular weight is 381 g/mol. The minimum absolute atomic E-state index is 0.0461. The number of halogens is 3. The molecule has 0 amide bonds. The number of aromatic nitrogens is 1. The second-order valence-corrected chi connectivity index (χ2v) is 7.53. The third-order valence-electron chi connectivity index (χ3n) is 4.29. The van der Waals surface area contributed by atoms with E-state index in [1.165, 1.54) is 6.07 Å². The van der Waals surface area contributed by atoms with Gasteiger partial charge in [0.1, 0.15) is 11.4 Å². The van der Waals surface area contributed by atoms with Crippen molar-refractivity contribution in [1.29, 1.82) is 0 Å². The van der Waals surface area contributed by atoms with Crippen molar-refractivity contribution in [2.45, 2.75) is 45.3 Å². The van der Waals surface area contributed by atoms with Crippen molar-refractivity contribution in [2.24, 2.45) is 5.73 Å². The Morgan fingerprint density at radius 2 is 1.85 bits per heavy atom. The maximum Gasteiger partial charge on any atom is 0.433 e. The molecule has 0 aliphatic rings. The number of rotatable bonds is 6. The molecule has 0 unspecified atom stereocenters. The highest BCUT2D eigenvalue weighted by Crippen LogP contribution is 2.38. The van der Waals surface area contributed by atoms with Gasteiger partial charge in [-0.3, -0.25) is 4.98 Å². The molecule has 1 heterocycles. The van der Waals surface area contributed by atoms with E-state index in [1.54, 1.807) is 0 Å². The van der Waals surface area contributed by atoms with E-state index >= 15 is 0 Å². The predicted octanol–water partition coefficient (Wildman–Crippen LogP) is 4.21. The molecule has 2 aromatic rings. The summed E-state index contributed by atoms with van der Waals surface area (Å²) in [6.45, 7) is 7.85. The zero-order chi connectivity index (χ0) is 20.2. The summed E-state index contributed by atoms with van der Waals surface area (Å²) < 4.78 is 38.3. The number of pyridine rings is 1. The number of phenols is 1. The van der Waals surface area contributed by atoms with E-state index in [0.717, 1.165) is 24.2 Å². The summed E-state index contributed by atoms with van der Waals surface area (Å²) >= 11 is 0. The molecule has 1 aromatic carbocycles. The Hall–Kier alpha value is -2.12. The number of nitrogens with one attached hydrogen (secondary N) is 1. The first-order valence-electron chi connectivity index (χ1n) is 8.85. The number of alkyl halides is 3. The SMILES string of the molecule is CC(C)(C)c1cc(CNCCCN)c(O)c(-c2ccc(C(F)(F)F)nc2)c1. The van der Waals surface area contributed by atoms with Crippen molar-refractivity contribution in [3.63, 3.8) is 0 Å². The number of aromatic hydroxyl groups is 1. The molecule has 2 rings (SSSR count). The van der Waals surface area contributed by atoms with Gasteiger partial charge in [-0.1, -0.05) is 32.9 Å². The number of benzene rings is 1. The monoisotopic (exact) mass is 381 g/mol. The number of hydrogen-bond acceptors (Lipinski definition) is 4. The molecule has 148 valence electrons. The number of nitrogens with zero attached hydrogens (tertiary/aromatic N) is 1. The summed E-state index contributed by atoms with van der Waals surface area (Å²) in [5, 5.41) is 13.9. The van der Waals surface area contributed by atoms with Crippen LogP contribution in [0.15, 0.2) is 30.5 Å². The highest BCUT2D eigenvalue weighted by Gasteiger charge is 2.32. The van der Waals surface area contributed by atoms with E-state index in [-0.39, 0.29) is 11.2 Å². The lowest BCUT2D eigenvalue weighted by Crippen LogP contribution is -2.19. The van der Waals surface area contributed by atoms with E-state index in [0.29, 0.717) is 36.3 Å². The molecule has 1 aromatic heterocycles. The molecule has 0 aliphatic heterocycles. The molecule has 0 atom stereocenters. The third-order valence-corrected chi connectivity index (χ3v) is 4.29. The van der Waals surface area contributed by atoms with E-state index < -0.39 is 11.9 Å². The normalized spacial score (nSPS) is 12.4. The van der Waals surface area contributed by atoms with Crippen LogP contribution in [0.2, 0.25) is 0 Å². The zero-order valence-corrected chi connectivity index (χ0v) is 15.8. The summed E-state index contributed by atoms with van der Waals surface area (Å²) in [7, 11) is 0. The van der Waals surface area contributed by atoms with Crippen LogP contribution in [0.25, 0.3) is 11.1 Å². The van der Waals surface area contributed by atoms with E-state index in [1.807, 2.05) is 32.9 Å². The van der Waals surface area contributed by atoms with E-state index in [4.69, 9.17) is 5.73 Å². The van der Waals surface area contributed by atoms with Gasteiger partial charge in [-0.05, 0) is 42.6 Å². The molecule has 0 radical (unpaired) electrons. The molecule has 4 N–H and O–H groups in total. The Morgan fingerprint density at radius 1 is 1.15 bits per heavy atom. The summed E-state index contributed by atoms with van der Waals surface area (Å²) in [5.41, 5.74) is 6.92. The van der Waals surface area contributed by atoms with E-state index in [9.17, 15) is 18.3 Å². The van der Waals surface area contributed by atoms with Crippen LogP contribution >= 0.6 is 0 Å². The second kappa shape index (κ2) is 8.27. The standard InChI is InChI=1S/C20H26F3N3O/c1-19(2,3)15-9-14(11-25-8-4-7-24)18(27)16(10-15)13-5-6-17(26-12-13)20(21,22)23/h5-6,9-10,12,25,27H,4,7-8,11,24H2,1-3H3. The summed E-state index contributed by atoms with van der Waals surface area (Å²) in [6.07, 6.45) is -2.53. The van der Waals surface area contributed by atoms with Crippen molar-refractivity contribution >= 4 is 0 Å². The molecule has 0 aliphatic carbocycles. The van der Waals surface area contributed by atoms with Gasteiger partial charge in [-0.2, -0.15) is 13.2 Å². The lowest BCUT2D eigenvalue weighted by molar-refractivity contribution is -0.141. The average Bonchev–Trinajstić information content (AvgIpc) is 2.58. The second-order valence-electron chi connectivity index (χ2n) is 7.53. The largest absolute Gasteiger partial charge is 0.507 e. The Balaban J connectivity index is 2.44. The van der Waals surface area contributed by atoms with Gasteiger partial charge in [-0.15, -0.1) is 0 Å². The first-order valence-corrected chi connectivity index (χ1v) is 8.85. The summed E-state index contributed by atoms with van der Waals surface area (Å²) in [4.78, 5) is 3.51. The van der Waals surface area contributed by atoms with Crippen molar-refractivity contribution in [3.8, 4) is 16.9 Å². The minimum atomic E-state index is -4.49. The molecule has 27 heavy (non-hydrogen) atoms. The Kier molecular flexibility index (Phi) is 6.49. The maximum absolute atomic E-state index is 12.8. The fourth-order valence-electron chi connectivity index (χ4n) is 2.65. The van der Waals surface area contributed by atoms with Gasteiger partial charge in [0.25, 0.3) is 0 Å². The lowest BCUT2D eigenvalue weighted by atomic mass is 9.84. The lowest BCUT2D eigenvalue weighted by Gasteiger charge is -2.23. The van der Waals surface area contributed by atoms with Crippen LogP contribution in [0.5, 0.6) is 5.75 Å². The Labute approximate surface area is 157 Å². The maximum atomic E-state index is 12.8. The van der Waals surface area contributed by atoms with Gasteiger partial charge >= 0.3 is 6.18 Å². The molecule has 4 nitrogen and oxygen atoms in total. The van der Waals surface area contributed by atoms with Gasteiger partial charge in [0.15, 0.2) is 0 Å². The van der Waals surface area contributed by atoms with Gasteiger partial charge in [0.2, 0.25) is 0 Å². The fraction of sp³-hybridized carbons (Fsp3) is 0.450. The third kappa shape index (κ3) is 5.43. The van der Waals surface area contributed by atoms with Crippen LogP contribution in [0.3, 0.4) is 0 Å². The van der Waals surface area contributed by atoms with Crippen LogP contribution in [0, 0.1) is 0 Å². The van der Waals surface area contributed by atoms with Crippen molar-refractivity contribution < 1.29 is 18.3 Å². The molecule has 0 saturated heterocycles. The van der Waals surface area contributed by atoms with Gasteiger partial charge < -0.3 is 16.2 Å². The van der Waals surface area contributed by atoms with Crippen LogP contribution in [-0.4, -0.2) is 23.2 Å². The molecule has 0 saturated carbocycles. The van der Waals surface area contributed by atoms with Gasteiger partial charge in [-0.25, -0.2) is 0 Å². The summed E-state index contributed by atoms with van der Waals surface area (Å²) in [6, 6.07) is 6.00. The van der Waals surface area contributed by atoms with Crippen molar-refractivity contribution in [2.75, 3.05) is 13.1 Å². The highest BCUT2D eigenvalue weighted by atomic mass is 19.4. The van der Waals surface area contributed by atoms with Gasteiger partial charge in [0.05, 0.1) is 0 Å². The fourth-order valence-corrected chi connectivity index (χ4v) is 2.65. The first-order chi connectivity index (χ1) is 12.5. The Bertz CT molecular complexity index is 766. The molecule has 0 bridgehead atoms. The molecular formula is C20H26F3N3O. The quantitative estimate of drug-likeness (QED) is 0.656. The summed E-state index contributed by atoms with van der Waals surface area (Å²) in [5.74, 6) is 0.0461. The number of phenolic OH excluding ortho intramolecular Hbond substituents is 1. The molecule has 0 fully saturated rings. The van der Waals surface area contributed by atoms with Gasteiger partial charge in [0, 0.05) is 29.4 Å². The number of hydrogen-bond donors (Lipinski definition) is 3. The smallest absolute Gasteiger partial charge is 0.433 e. The molecule has 0 spiro atoms. The number of nitrogens with two attached hydrogens (primary N) is 1. The highest BCUT2D eigenvalue weighted by molar-refractivity contribution is 5.72. The van der Waals surface area contributed by atoms with Crippen LogP contribution in [0.1, 0.15) is 44.0 Å². The predicted molar refractivity (Wildman–Crippen MR) is 100 cm³/mol. The van der Waals surface area contributed by atoms with Crippen LogP contribution in [-0.2, 0) is 18.1 Å². The van der Waals surface area contributed by atoms with E-state index in [2.05, 4.69) is 10.3 Å². The van der Waals surface area contributed by atoms with Crippen LogP contribution in [0.4, 0.5) is 13.2 Å². The van der Waals surface area contributed by atoms with Crippen LogP contribution < -0.4 is 11.1 Å². The topological polar surface area (TPSA) is 71.2 Å². The Morgan fingerprint density at radius 3 is 2.37 bits per heavy atom. The van der Waals surface area contributed by atoms with Crippen molar-refractivity contribution in [1.82, 2.24) is 10.3 Å².